The zero-order chi connectivity index (χ0) is 31.5. The average Bonchev–Trinajstić information content (AvgIpc) is 3.23. The molecule has 5 aliphatic rings. The molecule has 0 heterocycles. The zero-order valence-electron chi connectivity index (χ0n) is 27.6. The summed E-state index contributed by atoms with van der Waals surface area (Å²) in [6.45, 7) is 4.90. The molecule has 2 heteroatoms. The summed E-state index contributed by atoms with van der Waals surface area (Å²) in [5, 5.41) is 8.82. The minimum Gasteiger partial charge on any atom is -0.283 e. The second-order valence-corrected chi connectivity index (χ2v) is 14.4. The van der Waals surface area contributed by atoms with Crippen molar-refractivity contribution in [1.29, 1.82) is 5.41 Å². The molecule has 0 spiro atoms. The van der Waals surface area contributed by atoms with Crippen LogP contribution in [0.3, 0.4) is 0 Å². The molecule has 3 atom stereocenters. The number of nitrogens with one attached hydrogen (secondary N) is 1. The summed E-state index contributed by atoms with van der Waals surface area (Å²) >= 11 is 0. The van der Waals surface area contributed by atoms with E-state index in [2.05, 4.69) is 123 Å². The van der Waals surface area contributed by atoms with Gasteiger partial charge in [-0.3, -0.25) is 5.41 Å². The van der Waals surface area contributed by atoms with Gasteiger partial charge in [0.25, 0.3) is 0 Å². The molecule has 234 valence electrons. The van der Waals surface area contributed by atoms with E-state index in [1.807, 2.05) is 0 Å². The Morgan fingerprint density at radius 2 is 1.63 bits per heavy atom. The highest BCUT2D eigenvalue weighted by atomic mass is 14.8. The molecule has 0 aromatic heterocycles. The van der Waals surface area contributed by atoms with Crippen molar-refractivity contribution in [3.05, 3.63) is 142 Å². The quantitative estimate of drug-likeness (QED) is 0.252. The molecule has 0 aliphatic heterocycles. The summed E-state index contributed by atoms with van der Waals surface area (Å²) in [6, 6.07) is 20.0. The minimum atomic E-state index is 0.245. The third-order valence-electron chi connectivity index (χ3n) is 11.2. The van der Waals surface area contributed by atoms with Crippen LogP contribution in [-0.4, -0.2) is 11.5 Å². The zero-order valence-corrected chi connectivity index (χ0v) is 27.6. The lowest BCUT2D eigenvalue weighted by atomic mass is 9.72. The molecular weight excluding hydrogens is 556 g/mol. The first-order valence-corrected chi connectivity index (χ1v) is 17.7. The van der Waals surface area contributed by atoms with Gasteiger partial charge in [0.15, 0.2) is 0 Å². The molecular formula is C44H48N2. The van der Waals surface area contributed by atoms with Gasteiger partial charge in [-0.25, -0.2) is 4.99 Å². The normalized spacial score (nSPS) is 25.8. The Balaban J connectivity index is 1.06. The van der Waals surface area contributed by atoms with Crippen LogP contribution < -0.4 is 0 Å². The standard InChI is InChI=1S/C44H48N2/c1-44(2)40-19-10-9-18-38(40)39-30-37(27-28-41(39)44)34-23-21-33(22-24-34)32-16-11-17-35(26-25-32)42(29-20-31-12-5-3-6-13-31)46-43(45)36-14-7-4-8-15-36/h3,5-6,9-10,12-14,17-24,29-30,32,38,40,45H,4,7-8,11,15-16,25-28H2,1-2H3/b29-20+,45-43?,46-42+/t32?,38-,40?/m0/s1. The number of amidine groups is 1. The highest BCUT2D eigenvalue weighted by molar-refractivity contribution is 6.17. The number of fused-ring (bicyclic) bond motifs is 2. The van der Waals surface area contributed by atoms with E-state index in [4.69, 9.17) is 10.4 Å². The van der Waals surface area contributed by atoms with E-state index in [1.165, 1.54) is 35.1 Å². The Labute approximate surface area is 276 Å². The largest absolute Gasteiger partial charge is 0.283 e. The van der Waals surface area contributed by atoms with Crippen molar-refractivity contribution >= 4 is 23.2 Å². The predicted molar refractivity (Wildman–Crippen MR) is 196 cm³/mol. The molecule has 46 heavy (non-hydrogen) atoms. The van der Waals surface area contributed by atoms with E-state index in [9.17, 15) is 0 Å². The molecule has 0 fully saturated rings. The average molecular weight is 605 g/mol. The molecule has 0 radical (unpaired) electrons. The summed E-state index contributed by atoms with van der Waals surface area (Å²) in [6.07, 6.45) is 31.8. The number of hydrogen-bond donors (Lipinski definition) is 1. The van der Waals surface area contributed by atoms with Gasteiger partial charge in [0.05, 0.1) is 5.71 Å². The van der Waals surface area contributed by atoms with Crippen molar-refractivity contribution in [1.82, 2.24) is 0 Å². The van der Waals surface area contributed by atoms with Crippen molar-refractivity contribution in [3.8, 4) is 0 Å². The molecule has 0 bridgehead atoms. The topological polar surface area (TPSA) is 36.2 Å². The number of benzene rings is 2. The molecule has 7 rings (SSSR count). The van der Waals surface area contributed by atoms with E-state index in [-0.39, 0.29) is 5.41 Å². The van der Waals surface area contributed by atoms with Gasteiger partial charge in [-0.05, 0) is 127 Å². The maximum absolute atomic E-state index is 8.82. The van der Waals surface area contributed by atoms with Gasteiger partial charge in [0, 0.05) is 5.92 Å². The number of allylic oxidation sites excluding steroid dienone is 12. The Hall–Kier alpha value is -4.04. The molecule has 0 saturated carbocycles. The Morgan fingerprint density at radius 3 is 2.43 bits per heavy atom. The fourth-order valence-electron chi connectivity index (χ4n) is 8.54. The Kier molecular flexibility index (Phi) is 8.89. The van der Waals surface area contributed by atoms with Crippen molar-refractivity contribution in [2.45, 2.75) is 84.0 Å². The summed E-state index contributed by atoms with van der Waals surface area (Å²) < 4.78 is 0. The van der Waals surface area contributed by atoms with E-state index >= 15 is 0 Å². The van der Waals surface area contributed by atoms with Crippen molar-refractivity contribution in [2.75, 3.05) is 0 Å². The highest BCUT2D eigenvalue weighted by Crippen LogP contribution is 2.57. The van der Waals surface area contributed by atoms with Gasteiger partial charge in [-0.1, -0.05) is 123 Å². The highest BCUT2D eigenvalue weighted by Gasteiger charge is 2.46. The lowest BCUT2D eigenvalue weighted by Crippen LogP contribution is -2.24. The summed E-state index contributed by atoms with van der Waals surface area (Å²) in [5.41, 5.74) is 12.3. The lowest BCUT2D eigenvalue weighted by molar-refractivity contribution is 0.310. The van der Waals surface area contributed by atoms with Crippen LogP contribution in [0.5, 0.6) is 0 Å². The molecule has 1 N–H and O–H groups in total. The second kappa shape index (κ2) is 13.4. The number of nitrogens with zero attached hydrogens (tertiary/aromatic N) is 1. The van der Waals surface area contributed by atoms with Crippen LogP contribution in [0.15, 0.2) is 130 Å². The third-order valence-corrected chi connectivity index (χ3v) is 11.2. The maximum Gasteiger partial charge on any atom is 0.148 e. The SMILES string of the molecule is CC1(C)C2=C(C=C(c3ccc(C4CCC=C(C(/C=C/c5ccccc5)=N/C(=N)C5=CCCCC5)CC4)cc3)CC2)[C@@H]2C=CC=CC21. The first kappa shape index (κ1) is 30.6. The van der Waals surface area contributed by atoms with Gasteiger partial charge < -0.3 is 0 Å². The molecule has 2 aromatic carbocycles. The van der Waals surface area contributed by atoms with Crippen molar-refractivity contribution < 1.29 is 0 Å². The van der Waals surface area contributed by atoms with E-state index in [1.54, 1.807) is 11.1 Å². The van der Waals surface area contributed by atoms with Crippen molar-refractivity contribution in [2.24, 2.45) is 22.2 Å². The molecule has 5 aliphatic carbocycles. The summed E-state index contributed by atoms with van der Waals surface area (Å²) in [4.78, 5) is 4.96. The number of aliphatic imine (C=N–C) groups is 1. The molecule has 2 unspecified atom stereocenters. The minimum absolute atomic E-state index is 0.245. The van der Waals surface area contributed by atoms with Gasteiger partial charge in [0.2, 0.25) is 0 Å². The number of hydrogen-bond acceptors (Lipinski definition) is 1. The van der Waals surface area contributed by atoms with Crippen LogP contribution in [0, 0.1) is 22.7 Å². The third kappa shape index (κ3) is 6.32. The fraction of sp³-hybridized carbons (Fsp3) is 0.364. The van der Waals surface area contributed by atoms with Crippen LogP contribution in [-0.2, 0) is 0 Å². The van der Waals surface area contributed by atoms with E-state index in [0.29, 0.717) is 23.6 Å². The van der Waals surface area contributed by atoms with Crippen LogP contribution in [0.1, 0.15) is 101 Å². The summed E-state index contributed by atoms with van der Waals surface area (Å²) in [5.74, 6) is 2.09. The summed E-state index contributed by atoms with van der Waals surface area (Å²) in [7, 11) is 0. The second-order valence-electron chi connectivity index (χ2n) is 14.4. The van der Waals surface area contributed by atoms with Crippen molar-refractivity contribution in [3.63, 3.8) is 0 Å². The van der Waals surface area contributed by atoms with Gasteiger partial charge >= 0.3 is 0 Å². The Morgan fingerprint density at radius 1 is 0.826 bits per heavy atom. The first-order chi connectivity index (χ1) is 22.5. The predicted octanol–water partition coefficient (Wildman–Crippen LogP) is 11.8. The molecule has 0 saturated heterocycles. The van der Waals surface area contributed by atoms with E-state index < -0.39 is 0 Å². The lowest BCUT2D eigenvalue weighted by Gasteiger charge is -2.32. The van der Waals surface area contributed by atoms with Crippen LogP contribution >= 0.6 is 0 Å². The van der Waals surface area contributed by atoms with Gasteiger partial charge in [-0.2, -0.15) is 0 Å². The monoisotopic (exact) mass is 604 g/mol. The smallest absolute Gasteiger partial charge is 0.148 e. The van der Waals surface area contributed by atoms with Gasteiger partial charge in [-0.15, -0.1) is 0 Å². The van der Waals surface area contributed by atoms with Crippen LogP contribution in [0.25, 0.3) is 11.6 Å². The van der Waals surface area contributed by atoms with E-state index in [0.717, 1.165) is 68.2 Å². The van der Waals surface area contributed by atoms with Gasteiger partial charge in [0.1, 0.15) is 5.84 Å². The molecule has 0 amide bonds. The van der Waals surface area contributed by atoms with Crippen LogP contribution in [0.4, 0.5) is 0 Å². The molecule has 2 nitrogen and oxygen atoms in total. The first-order valence-electron chi connectivity index (χ1n) is 17.7. The number of rotatable bonds is 6. The molecule has 2 aromatic rings. The maximum atomic E-state index is 8.82. The van der Waals surface area contributed by atoms with Crippen LogP contribution in [0.2, 0.25) is 0 Å². The Bertz CT molecular complexity index is 1720. The fourth-order valence-corrected chi connectivity index (χ4v) is 8.54.